The van der Waals surface area contributed by atoms with E-state index in [9.17, 15) is 0 Å². The summed E-state index contributed by atoms with van der Waals surface area (Å²) in [6, 6.07) is 0. The largest absolute Gasteiger partial charge is 0.0594 e. The van der Waals surface area contributed by atoms with Gasteiger partial charge in [-0.15, -0.1) is 0 Å². The average molecular weight is 139 g/mol. The zero-order valence-corrected chi connectivity index (χ0v) is 7.32. The molecule has 1 fully saturated rings. The van der Waals surface area contributed by atoms with Crippen molar-refractivity contribution in [1.29, 1.82) is 0 Å². The molecule has 1 saturated carbocycles. The molecule has 0 atom stereocenters. The molecule has 1 aliphatic rings. The van der Waals surface area contributed by atoms with Crippen LogP contribution < -0.4 is 0 Å². The van der Waals surface area contributed by atoms with E-state index < -0.39 is 0 Å². The van der Waals surface area contributed by atoms with Gasteiger partial charge < -0.3 is 0 Å². The van der Waals surface area contributed by atoms with Gasteiger partial charge in [-0.3, -0.25) is 0 Å². The Balaban J connectivity index is 1.85. The summed E-state index contributed by atoms with van der Waals surface area (Å²) < 4.78 is 0. The Labute approximate surface area is 65.0 Å². The fourth-order valence-corrected chi connectivity index (χ4v) is 1.53. The van der Waals surface area contributed by atoms with Crippen LogP contribution in [-0.2, 0) is 0 Å². The van der Waals surface area contributed by atoms with Gasteiger partial charge in [-0.1, -0.05) is 46.0 Å². The van der Waals surface area contributed by atoms with Crippen LogP contribution in [0, 0.1) is 11.8 Å². The van der Waals surface area contributed by atoms with Crippen LogP contribution in [0.3, 0.4) is 0 Å². The predicted octanol–water partition coefficient (Wildman–Crippen LogP) is 3.57. The van der Waals surface area contributed by atoms with Gasteiger partial charge >= 0.3 is 0 Å². The van der Waals surface area contributed by atoms with E-state index in [4.69, 9.17) is 0 Å². The summed E-state index contributed by atoms with van der Waals surface area (Å²) in [4.78, 5) is 0. The Kier molecular flexibility index (Phi) is 3.24. The van der Waals surface area contributed by atoms with Gasteiger partial charge in [0, 0.05) is 0 Å². The van der Waals surface area contributed by atoms with E-state index in [1.165, 1.54) is 38.5 Å². The molecule has 0 heterocycles. The first-order valence-corrected chi connectivity index (χ1v) is 4.58. The quantitative estimate of drug-likeness (QED) is 0.558. The maximum Gasteiger partial charge on any atom is -0.0303 e. The van der Waals surface area contributed by atoms with E-state index in [-0.39, 0.29) is 0 Å². The van der Waals surface area contributed by atoms with Gasteiger partial charge in [0.2, 0.25) is 0 Å². The van der Waals surface area contributed by atoms with E-state index in [0.717, 1.165) is 5.92 Å². The van der Waals surface area contributed by atoms with Crippen molar-refractivity contribution in [2.45, 2.75) is 52.4 Å². The van der Waals surface area contributed by atoms with E-state index in [1.807, 2.05) is 0 Å². The van der Waals surface area contributed by atoms with Crippen molar-refractivity contribution >= 4 is 0 Å². The minimum absolute atomic E-state index is 1.11. The smallest absolute Gasteiger partial charge is 0.0303 e. The molecule has 10 heavy (non-hydrogen) atoms. The van der Waals surface area contributed by atoms with Crippen molar-refractivity contribution in [3.63, 3.8) is 0 Å². The molecule has 0 amide bonds. The highest BCUT2D eigenvalue weighted by Crippen LogP contribution is 2.31. The molecule has 0 aromatic carbocycles. The molecule has 0 aliphatic heterocycles. The fourth-order valence-electron chi connectivity index (χ4n) is 1.53. The zero-order chi connectivity index (χ0) is 7.40. The van der Waals surface area contributed by atoms with Crippen molar-refractivity contribution < 1.29 is 0 Å². The number of hydrogen-bond acceptors (Lipinski definition) is 0. The van der Waals surface area contributed by atoms with E-state index >= 15 is 0 Å². The minimum Gasteiger partial charge on any atom is -0.0594 e. The molecule has 1 aliphatic carbocycles. The average Bonchev–Trinajstić information content (AvgIpc) is 1.75. The minimum atomic E-state index is 1.11. The van der Waals surface area contributed by atoms with Crippen LogP contribution in [0.15, 0.2) is 0 Å². The van der Waals surface area contributed by atoms with Crippen LogP contribution >= 0.6 is 0 Å². The van der Waals surface area contributed by atoms with Gasteiger partial charge in [0.25, 0.3) is 0 Å². The van der Waals surface area contributed by atoms with Gasteiger partial charge in [-0.05, 0) is 18.3 Å². The first kappa shape index (κ1) is 8.10. The van der Waals surface area contributed by atoms with Crippen molar-refractivity contribution in [3.05, 3.63) is 5.92 Å². The lowest BCUT2D eigenvalue weighted by molar-refractivity contribution is 0.288. The van der Waals surface area contributed by atoms with Crippen LogP contribution in [0.4, 0.5) is 0 Å². The monoisotopic (exact) mass is 139 g/mol. The summed E-state index contributed by atoms with van der Waals surface area (Å²) in [6.07, 6.45) is 8.82. The maximum atomic E-state index is 2.24. The highest BCUT2D eigenvalue weighted by molar-refractivity contribution is 4.78. The summed E-state index contributed by atoms with van der Waals surface area (Å²) >= 11 is 0. The third kappa shape index (κ3) is 2.72. The lowest BCUT2D eigenvalue weighted by Crippen LogP contribution is -2.10. The second-order valence-electron chi connectivity index (χ2n) is 3.90. The van der Waals surface area contributed by atoms with Crippen molar-refractivity contribution in [2.75, 3.05) is 0 Å². The molecule has 1 radical (unpaired) electrons. The third-order valence-electron chi connectivity index (χ3n) is 2.51. The van der Waals surface area contributed by atoms with Gasteiger partial charge in [-0.25, -0.2) is 0 Å². The lowest BCUT2D eigenvalue weighted by atomic mass is 9.81. The molecule has 0 nitrogen and oxygen atoms in total. The Bertz CT molecular complexity index is 80.0. The van der Waals surface area contributed by atoms with Crippen molar-refractivity contribution in [1.82, 2.24) is 0 Å². The summed E-state index contributed by atoms with van der Waals surface area (Å²) in [6.45, 7) is 4.47. The lowest BCUT2D eigenvalue weighted by Gasteiger charge is -2.25. The highest BCUT2D eigenvalue weighted by atomic mass is 14.2. The molecule has 1 rings (SSSR count). The molecule has 0 spiro atoms. The fraction of sp³-hybridized carbons (Fsp3) is 0.900. The molecular formula is C10H19. The molecule has 0 bridgehead atoms. The van der Waals surface area contributed by atoms with Crippen LogP contribution in [0.25, 0.3) is 0 Å². The summed E-state index contributed by atoms with van der Waals surface area (Å²) in [7, 11) is 0. The molecule has 0 heteroatoms. The first-order valence-electron chi connectivity index (χ1n) is 4.58. The Morgan fingerprint density at radius 3 is 2.40 bits per heavy atom. The first-order chi connectivity index (χ1) is 4.79. The van der Waals surface area contributed by atoms with Gasteiger partial charge in [0.15, 0.2) is 0 Å². The molecule has 0 N–H and O–H groups in total. The van der Waals surface area contributed by atoms with Crippen LogP contribution in [-0.4, -0.2) is 0 Å². The maximum absolute atomic E-state index is 2.24. The molecule has 0 aromatic rings. The Morgan fingerprint density at radius 2 is 2.00 bits per heavy atom. The summed E-state index contributed by atoms with van der Waals surface area (Å²) in [5, 5.41) is 0. The van der Waals surface area contributed by atoms with Gasteiger partial charge in [0.05, 0.1) is 0 Å². The van der Waals surface area contributed by atoms with Crippen molar-refractivity contribution in [2.24, 2.45) is 5.92 Å². The second kappa shape index (κ2) is 4.00. The summed E-state index contributed by atoms with van der Waals surface area (Å²) in [5.41, 5.74) is 0. The molecule has 59 valence electrons. The molecule has 0 unspecified atom stereocenters. The Morgan fingerprint density at radius 1 is 1.30 bits per heavy atom. The van der Waals surface area contributed by atoms with E-state index in [1.54, 1.807) is 5.92 Å². The van der Waals surface area contributed by atoms with Gasteiger partial charge in [-0.2, -0.15) is 0 Å². The SMILES string of the molecule is C[C](C)CCCC1CCC1. The van der Waals surface area contributed by atoms with Crippen molar-refractivity contribution in [3.8, 4) is 0 Å². The summed E-state index contributed by atoms with van der Waals surface area (Å²) in [5.74, 6) is 2.71. The topological polar surface area (TPSA) is 0 Å². The molecular weight excluding hydrogens is 120 g/mol. The van der Waals surface area contributed by atoms with E-state index in [0.29, 0.717) is 0 Å². The number of rotatable bonds is 4. The number of hydrogen-bond donors (Lipinski definition) is 0. The molecule has 0 aromatic heterocycles. The normalized spacial score (nSPS) is 19.5. The second-order valence-corrected chi connectivity index (χ2v) is 3.90. The third-order valence-corrected chi connectivity index (χ3v) is 2.51. The van der Waals surface area contributed by atoms with Crippen LogP contribution in [0.1, 0.15) is 52.4 Å². The van der Waals surface area contributed by atoms with E-state index in [2.05, 4.69) is 13.8 Å². The standard InChI is InChI=1S/C10H19/c1-9(2)5-3-6-10-7-4-8-10/h10H,3-8H2,1-2H3. The zero-order valence-electron chi connectivity index (χ0n) is 7.32. The predicted molar refractivity (Wildman–Crippen MR) is 45.8 cm³/mol. The van der Waals surface area contributed by atoms with Gasteiger partial charge in [0.1, 0.15) is 0 Å². The van der Waals surface area contributed by atoms with Crippen LogP contribution in [0.2, 0.25) is 0 Å². The van der Waals surface area contributed by atoms with Crippen LogP contribution in [0.5, 0.6) is 0 Å². The highest BCUT2D eigenvalue weighted by Gasteiger charge is 2.16. The molecule has 0 saturated heterocycles. The Hall–Kier alpha value is 0.